The van der Waals surface area contributed by atoms with Gasteiger partial charge in [0.1, 0.15) is 5.69 Å². The lowest BCUT2D eigenvalue weighted by Gasteiger charge is -2.07. The number of hydrogen-bond donors (Lipinski definition) is 0. The smallest absolute Gasteiger partial charge is 0.178 e. The summed E-state index contributed by atoms with van der Waals surface area (Å²) in [6.45, 7) is 3.43. The molecule has 0 unspecified atom stereocenters. The van der Waals surface area contributed by atoms with Gasteiger partial charge in [0, 0.05) is 16.8 Å². The molecule has 0 aliphatic rings. The molecule has 1 aromatic heterocycles. The van der Waals surface area contributed by atoms with Gasteiger partial charge in [-0.15, -0.1) is 0 Å². The fourth-order valence-corrected chi connectivity index (χ4v) is 2.12. The zero-order chi connectivity index (χ0) is 11.9. The van der Waals surface area contributed by atoms with E-state index in [0.717, 1.165) is 20.9 Å². The van der Waals surface area contributed by atoms with Gasteiger partial charge in [-0.25, -0.2) is 4.98 Å². The van der Waals surface area contributed by atoms with Crippen molar-refractivity contribution in [2.75, 3.05) is 0 Å². The molecule has 1 heterocycles. The maximum absolute atomic E-state index is 11.3. The quantitative estimate of drug-likeness (QED) is 0.740. The summed E-state index contributed by atoms with van der Waals surface area (Å²) in [6, 6.07) is 5.43. The second-order valence-electron chi connectivity index (χ2n) is 3.61. The highest BCUT2D eigenvalue weighted by molar-refractivity contribution is 9.10. The average molecular weight is 299 g/mol. The molecule has 16 heavy (non-hydrogen) atoms. The highest BCUT2D eigenvalue weighted by Gasteiger charge is 2.10. The lowest BCUT2D eigenvalue weighted by Crippen LogP contribution is -1.98. The number of rotatable bonds is 1. The van der Waals surface area contributed by atoms with Gasteiger partial charge in [0.15, 0.2) is 5.78 Å². The predicted octanol–water partition coefficient (Wildman–Crippen LogP) is 4.16. The van der Waals surface area contributed by atoms with Gasteiger partial charge in [0.25, 0.3) is 0 Å². The molecule has 1 aromatic carbocycles. The molecule has 82 valence electrons. The third kappa shape index (κ3) is 1.85. The molecule has 0 aliphatic heterocycles. The lowest BCUT2D eigenvalue weighted by atomic mass is 10.1. The minimum atomic E-state index is -0.0804. The summed E-state index contributed by atoms with van der Waals surface area (Å²) in [5, 5.41) is 1.43. The summed E-state index contributed by atoms with van der Waals surface area (Å²) in [5.74, 6) is -0.0804. The number of hydrogen-bond acceptors (Lipinski definition) is 2. The van der Waals surface area contributed by atoms with Gasteiger partial charge in [-0.1, -0.05) is 33.6 Å². The summed E-state index contributed by atoms with van der Waals surface area (Å²) in [5.41, 5.74) is 2.16. The molecule has 0 saturated carbocycles. The van der Waals surface area contributed by atoms with Crippen LogP contribution < -0.4 is 0 Å². The van der Waals surface area contributed by atoms with Crippen molar-refractivity contribution < 1.29 is 4.79 Å². The summed E-state index contributed by atoms with van der Waals surface area (Å²) in [4.78, 5) is 15.6. The molecule has 0 bridgehead atoms. The van der Waals surface area contributed by atoms with Crippen molar-refractivity contribution in [3.8, 4) is 0 Å². The van der Waals surface area contributed by atoms with Crippen molar-refractivity contribution in [2.45, 2.75) is 13.8 Å². The van der Waals surface area contributed by atoms with Crippen LogP contribution in [0, 0.1) is 6.92 Å². The Hall–Kier alpha value is -0.930. The minimum absolute atomic E-state index is 0.0804. The van der Waals surface area contributed by atoms with Gasteiger partial charge in [0.05, 0.1) is 10.5 Å². The molecule has 4 heteroatoms. The van der Waals surface area contributed by atoms with Crippen LogP contribution in [0.25, 0.3) is 10.9 Å². The first-order chi connectivity index (χ1) is 7.50. The van der Waals surface area contributed by atoms with Crippen LogP contribution in [0.4, 0.5) is 0 Å². The minimum Gasteiger partial charge on any atom is -0.293 e. The molecule has 0 aliphatic carbocycles. The molecule has 0 spiro atoms. The number of aryl methyl sites for hydroxylation is 1. The van der Waals surface area contributed by atoms with Crippen LogP contribution in [0.1, 0.15) is 23.0 Å². The first-order valence-electron chi connectivity index (χ1n) is 4.77. The number of carbonyl (C=O) groups excluding carboxylic acids is 1. The van der Waals surface area contributed by atoms with Crippen molar-refractivity contribution >= 4 is 44.2 Å². The molecule has 0 saturated heterocycles. The molecule has 2 rings (SSSR count). The highest BCUT2D eigenvalue weighted by atomic mass is 79.9. The van der Waals surface area contributed by atoms with E-state index in [1.807, 2.05) is 19.1 Å². The van der Waals surface area contributed by atoms with E-state index in [-0.39, 0.29) is 5.78 Å². The Bertz CT molecular complexity index is 595. The summed E-state index contributed by atoms with van der Waals surface area (Å²) < 4.78 is 0.962. The molecule has 2 aromatic rings. The van der Waals surface area contributed by atoms with E-state index < -0.39 is 0 Å². The largest absolute Gasteiger partial charge is 0.293 e. The van der Waals surface area contributed by atoms with Gasteiger partial charge in [-0.3, -0.25) is 4.79 Å². The van der Waals surface area contributed by atoms with Gasteiger partial charge in [0.2, 0.25) is 0 Å². The summed E-state index contributed by atoms with van der Waals surface area (Å²) >= 11 is 9.56. The average Bonchev–Trinajstić information content (AvgIpc) is 2.23. The first-order valence-corrected chi connectivity index (χ1v) is 5.94. The third-order valence-corrected chi connectivity index (χ3v) is 3.65. The van der Waals surface area contributed by atoms with Gasteiger partial charge in [-0.05, 0) is 24.6 Å². The van der Waals surface area contributed by atoms with E-state index in [1.54, 1.807) is 6.07 Å². The second kappa shape index (κ2) is 4.15. The van der Waals surface area contributed by atoms with E-state index in [1.165, 1.54) is 6.92 Å². The molecule has 0 atom stereocenters. The van der Waals surface area contributed by atoms with Gasteiger partial charge in [-0.2, -0.15) is 0 Å². The van der Waals surface area contributed by atoms with Crippen molar-refractivity contribution in [3.63, 3.8) is 0 Å². The Morgan fingerprint density at radius 3 is 2.75 bits per heavy atom. The Labute approximate surface area is 107 Å². The van der Waals surface area contributed by atoms with Crippen LogP contribution in [-0.2, 0) is 0 Å². The third-order valence-electron chi connectivity index (χ3n) is 2.48. The topological polar surface area (TPSA) is 30.0 Å². The fraction of sp³-hybridized carbons (Fsp3) is 0.167. The molecule has 0 fully saturated rings. The van der Waals surface area contributed by atoms with Crippen molar-refractivity contribution in [1.29, 1.82) is 0 Å². The van der Waals surface area contributed by atoms with Crippen LogP contribution in [0.15, 0.2) is 22.7 Å². The van der Waals surface area contributed by atoms with E-state index in [0.29, 0.717) is 10.7 Å². The maximum atomic E-state index is 11.3. The van der Waals surface area contributed by atoms with E-state index in [4.69, 9.17) is 11.6 Å². The number of fused-ring (bicyclic) bond motifs is 1. The Balaban J connectivity index is 2.88. The zero-order valence-corrected chi connectivity index (χ0v) is 11.2. The number of pyridine rings is 1. The number of aromatic nitrogens is 1. The molecular weight excluding hydrogens is 289 g/mol. The van der Waals surface area contributed by atoms with Crippen LogP contribution in [0.2, 0.25) is 5.02 Å². The summed E-state index contributed by atoms with van der Waals surface area (Å²) in [6.07, 6.45) is 0. The molecule has 0 N–H and O–H groups in total. The van der Waals surface area contributed by atoms with Crippen LogP contribution in [0.5, 0.6) is 0 Å². The van der Waals surface area contributed by atoms with E-state index in [2.05, 4.69) is 20.9 Å². The Morgan fingerprint density at radius 1 is 1.44 bits per heavy atom. The number of ketones is 1. The van der Waals surface area contributed by atoms with E-state index in [9.17, 15) is 4.79 Å². The monoisotopic (exact) mass is 297 g/mol. The number of Topliss-reactive ketones (excluding diaryl/α,β-unsaturated/α-hetero) is 1. The van der Waals surface area contributed by atoms with Crippen LogP contribution in [-0.4, -0.2) is 10.8 Å². The van der Waals surface area contributed by atoms with Crippen LogP contribution in [0.3, 0.4) is 0 Å². The molecule has 0 amide bonds. The van der Waals surface area contributed by atoms with Gasteiger partial charge >= 0.3 is 0 Å². The standard InChI is InChI=1S/C12H9BrClNO/c1-6-9(13)4-3-8-10(14)5-11(7(2)16)15-12(6)8/h3-5H,1-2H3. The van der Waals surface area contributed by atoms with Crippen molar-refractivity contribution in [3.05, 3.63) is 39.0 Å². The summed E-state index contributed by atoms with van der Waals surface area (Å²) in [7, 11) is 0. The number of halogens is 2. The SMILES string of the molecule is CC(=O)c1cc(Cl)c2ccc(Br)c(C)c2n1. The number of nitrogens with zero attached hydrogens (tertiary/aromatic N) is 1. The number of benzene rings is 1. The fourth-order valence-electron chi connectivity index (χ4n) is 1.54. The molecular formula is C12H9BrClNO. The second-order valence-corrected chi connectivity index (χ2v) is 4.88. The normalized spacial score (nSPS) is 10.8. The highest BCUT2D eigenvalue weighted by Crippen LogP contribution is 2.29. The van der Waals surface area contributed by atoms with Gasteiger partial charge < -0.3 is 0 Å². The lowest BCUT2D eigenvalue weighted by molar-refractivity contribution is 0.101. The molecule has 0 radical (unpaired) electrons. The molecule has 2 nitrogen and oxygen atoms in total. The maximum Gasteiger partial charge on any atom is 0.178 e. The first kappa shape index (κ1) is 11.6. The Morgan fingerprint density at radius 2 is 2.12 bits per heavy atom. The van der Waals surface area contributed by atoms with Crippen molar-refractivity contribution in [2.24, 2.45) is 0 Å². The van der Waals surface area contributed by atoms with E-state index >= 15 is 0 Å². The van der Waals surface area contributed by atoms with Crippen molar-refractivity contribution in [1.82, 2.24) is 4.98 Å². The zero-order valence-electron chi connectivity index (χ0n) is 8.84. The predicted molar refractivity (Wildman–Crippen MR) is 69.2 cm³/mol. The number of carbonyl (C=O) groups is 1. The van der Waals surface area contributed by atoms with Crippen LogP contribution >= 0.6 is 27.5 Å². The Kier molecular flexibility index (Phi) is 3.00.